The van der Waals surface area contributed by atoms with E-state index in [1.807, 2.05) is 0 Å². The van der Waals surface area contributed by atoms with Crippen molar-refractivity contribution < 1.29 is 4.79 Å². The van der Waals surface area contributed by atoms with E-state index in [0.29, 0.717) is 29.5 Å². The van der Waals surface area contributed by atoms with Gasteiger partial charge in [0.2, 0.25) is 0 Å². The Kier molecular flexibility index (Phi) is 3.94. The largest absolute Gasteiger partial charge is 0.367 e. The summed E-state index contributed by atoms with van der Waals surface area (Å²) in [5.41, 5.74) is 0.364. The SMILES string of the molecule is Cc1nc(Cl)c(C=O)c(NC2CCCCC2)n1. The third-order valence-corrected chi connectivity index (χ3v) is 3.36. The molecule has 0 saturated heterocycles. The minimum absolute atomic E-state index is 0.228. The first kappa shape index (κ1) is 12.3. The summed E-state index contributed by atoms with van der Waals surface area (Å²) in [5, 5.41) is 3.54. The molecule has 0 aliphatic heterocycles. The van der Waals surface area contributed by atoms with Crippen molar-refractivity contribution in [1.29, 1.82) is 0 Å². The quantitative estimate of drug-likeness (QED) is 0.665. The number of nitrogens with one attached hydrogen (secondary N) is 1. The normalized spacial score (nSPS) is 16.8. The predicted octanol–water partition coefficient (Wildman–Crippen LogP) is 3.00. The van der Waals surface area contributed by atoms with E-state index in [0.717, 1.165) is 12.8 Å². The molecule has 1 saturated carbocycles. The number of rotatable bonds is 3. The molecule has 0 aromatic carbocycles. The van der Waals surface area contributed by atoms with Crippen molar-refractivity contribution >= 4 is 23.7 Å². The van der Waals surface area contributed by atoms with Crippen LogP contribution in [-0.2, 0) is 0 Å². The van der Waals surface area contributed by atoms with Crippen LogP contribution in [-0.4, -0.2) is 22.3 Å². The third-order valence-electron chi connectivity index (χ3n) is 3.07. The van der Waals surface area contributed by atoms with Crippen LogP contribution in [0.25, 0.3) is 0 Å². The maximum atomic E-state index is 11.0. The number of carbonyl (C=O) groups excluding carboxylic acids is 1. The second kappa shape index (κ2) is 5.45. The standard InChI is InChI=1S/C12H16ClN3O/c1-8-14-11(13)10(7-17)12(15-8)16-9-5-3-2-4-6-9/h7,9H,2-6H2,1H3,(H,14,15,16). The molecule has 0 amide bonds. The van der Waals surface area contributed by atoms with E-state index in [1.165, 1.54) is 19.3 Å². The van der Waals surface area contributed by atoms with Gasteiger partial charge in [-0.05, 0) is 19.8 Å². The van der Waals surface area contributed by atoms with Crippen molar-refractivity contribution in [2.75, 3.05) is 5.32 Å². The Morgan fingerprint density at radius 3 is 2.65 bits per heavy atom. The molecule has 5 heteroatoms. The lowest BCUT2D eigenvalue weighted by molar-refractivity contribution is 0.112. The van der Waals surface area contributed by atoms with Crippen molar-refractivity contribution in [3.63, 3.8) is 0 Å². The van der Waals surface area contributed by atoms with Gasteiger partial charge in [-0.15, -0.1) is 0 Å². The van der Waals surface area contributed by atoms with Gasteiger partial charge in [-0.3, -0.25) is 4.79 Å². The molecule has 1 heterocycles. The first-order valence-electron chi connectivity index (χ1n) is 5.96. The molecule has 1 aromatic heterocycles. The fourth-order valence-corrected chi connectivity index (χ4v) is 2.46. The van der Waals surface area contributed by atoms with Gasteiger partial charge in [0.15, 0.2) is 6.29 Å². The molecule has 2 rings (SSSR count). The number of anilines is 1. The van der Waals surface area contributed by atoms with Crippen LogP contribution < -0.4 is 5.32 Å². The number of carbonyl (C=O) groups is 1. The highest BCUT2D eigenvalue weighted by molar-refractivity contribution is 6.32. The Labute approximate surface area is 106 Å². The molecule has 1 aliphatic rings. The van der Waals surface area contributed by atoms with Crippen molar-refractivity contribution in [2.24, 2.45) is 0 Å². The first-order valence-corrected chi connectivity index (χ1v) is 6.34. The number of hydrogen-bond donors (Lipinski definition) is 1. The zero-order chi connectivity index (χ0) is 12.3. The highest BCUT2D eigenvalue weighted by atomic mass is 35.5. The number of aromatic nitrogens is 2. The number of aryl methyl sites for hydroxylation is 1. The maximum absolute atomic E-state index is 11.0. The molecule has 0 unspecified atom stereocenters. The van der Waals surface area contributed by atoms with E-state index in [1.54, 1.807) is 6.92 Å². The zero-order valence-electron chi connectivity index (χ0n) is 9.87. The average molecular weight is 254 g/mol. The predicted molar refractivity (Wildman–Crippen MR) is 67.7 cm³/mol. The molecule has 92 valence electrons. The molecule has 1 aliphatic carbocycles. The summed E-state index contributed by atoms with van der Waals surface area (Å²) < 4.78 is 0. The van der Waals surface area contributed by atoms with Gasteiger partial charge in [-0.2, -0.15) is 0 Å². The fourth-order valence-electron chi connectivity index (χ4n) is 2.20. The van der Waals surface area contributed by atoms with E-state index >= 15 is 0 Å². The van der Waals surface area contributed by atoms with E-state index in [9.17, 15) is 4.79 Å². The van der Waals surface area contributed by atoms with Crippen molar-refractivity contribution in [1.82, 2.24) is 9.97 Å². The van der Waals surface area contributed by atoms with E-state index in [-0.39, 0.29) is 5.15 Å². The minimum atomic E-state index is 0.228. The second-order valence-electron chi connectivity index (χ2n) is 4.42. The molecule has 0 atom stereocenters. The second-order valence-corrected chi connectivity index (χ2v) is 4.78. The molecule has 0 radical (unpaired) electrons. The summed E-state index contributed by atoms with van der Waals surface area (Å²) in [6.45, 7) is 1.77. The van der Waals surface area contributed by atoms with Gasteiger partial charge >= 0.3 is 0 Å². The van der Waals surface area contributed by atoms with E-state index in [4.69, 9.17) is 11.6 Å². The lowest BCUT2D eigenvalue weighted by atomic mass is 9.95. The van der Waals surface area contributed by atoms with Gasteiger partial charge in [-0.25, -0.2) is 9.97 Å². The van der Waals surface area contributed by atoms with Crippen LogP contribution in [0.1, 0.15) is 48.3 Å². The van der Waals surface area contributed by atoms with Gasteiger partial charge in [0.1, 0.15) is 16.8 Å². The Hall–Kier alpha value is -1.16. The first-order chi connectivity index (χ1) is 8.20. The van der Waals surface area contributed by atoms with Crippen LogP contribution in [0.3, 0.4) is 0 Å². The minimum Gasteiger partial charge on any atom is -0.367 e. The van der Waals surface area contributed by atoms with Gasteiger partial charge in [0.05, 0.1) is 5.56 Å². The van der Waals surface area contributed by atoms with Crippen molar-refractivity contribution in [3.05, 3.63) is 16.5 Å². The molecule has 17 heavy (non-hydrogen) atoms. The van der Waals surface area contributed by atoms with Crippen LogP contribution in [0, 0.1) is 6.92 Å². The van der Waals surface area contributed by atoms with Crippen LogP contribution in [0.15, 0.2) is 0 Å². The van der Waals surface area contributed by atoms with E-state index in [2.05, 4.69) is 15.3 Å². The van der Waals surface area contributed by atoms with Gasteiger partial charge < -0.3 is 5.32 Å². The highest BCUT2D eigenvalue weighted by Gasteiger charge is 2.17. The Balaban J connectivity index is 2.21. The Morgan fingerprint density at radius 2 is 2.00 bits per heavy atom. The highest BCUT2D eigenvalue weighted by Crippen LogP contribution is 2.24. The number of hydrogen-bond acceptors (Lipinski definition) is 4. The number of nitrogens with zero attached hydrogens (tertiary/aromatic N) is 2. The fraction of sp³-hybridized carbons (Fsp3) is 0.583. The summed E-state index contributed by atoms with van der Waals surface area (Å²) in [5.74, 6) is 1.16. The molecule has 0 bridgehead atoms. The monoisotopic (exact) mass is 253 g/mol. The van der Waals surface area contributed by atoms with Crippen LogP contribution in [0.5, 0.6) is 0 Å². The number of aldehydes is 1. The van der Waals surface area contributed by atoms with Crippen molar-refractivity contribution in [2.45, 2.75) is 45.1 Å². The van der Waals surface area contributed by atoms with Crippen LogP contribution in [0.4, 0.5) is 5.82 Å². The number of halogens is 1. The molecule has 1 fully saturated rings. The van der Waals surface area contributed by atoms with Crippen LogP contribution in [0.2, 0.25) is 5.15 Å². The lowest BCUT2D eigenvalue weighted by Gasteiger charge is -2.24. The van der Waals surface area contributed by atoms with E-state index < -0.39 is 0 Å². The summed E-state index contributed by atoms with van der Waals surface area (Å²) in [6, 6.07) is 0.396. The molecule has 4 nitrogen and oxygen atoms in total. The molecule has 1 N–H and O–H groups in total. The molecule has 0 spiro atoms. The summed E-state index contributed by atoms with van der Waals surface area (Å²) >= 11 is 5.93. The average Bonchev–Trinajstić information content (AvgIpc) is 2.30. The van der Waals surface area contributed by atoms with Gasteiger partial charge in [0.25, 0.3) is 0 Å². The molecular weight excluding hydrogens is 238 g/mol. The topological polar surface area (TPSA) is 54.9 Å². The Bertz CT molecular complexity index is 416. The summed E-state index contributed by atoms with van der Waals surface area (Å²) in [6.07, 6.45) is 6.71. The van der Waals surface area contributed by atoms with Crippen molar-refractivity contribution in [3.8, 4) is 0 Å². The summed E-state index contributed by atoms with van der Waals surface area (Å²) in [4.78, 5) is 19.2. The van der Waals surface area contributed by atoms with Gasteiger partial charge in [-0.1, -0.05) is 30.9 Å². The molecular formula is C12H16ClN3O. The van der Waals surface area contributed by atoms with Gasteiger partial charge in [0, 0.05) is 6.04 Å². The zero-order valence-corrected chi connectivity index (χ0v) is 10.6. The third kappa shape index (κ3) is 2.94. The Morgan fingerprint density at radius 1 is 1.29 bits per heavy atom. The molecule has 1 aromatic rings. The van der Waals surface area contributed by atoms with Crippen LogP contribution >= 0.6 is 11.6 Å². The smallest absolute Gasteiger partial charge is 0.156 e. The maximum Gasteiger partial charge on any atom is 0.156 e. The lowest BCUT2D eigenvalue weighted by Crippen LogP contribution is -2.24. The summed E-state index contributed by atoms with van der Waals surface area (Å²) in [7, 11) is 0.